The maximum atomic E-state index is 12.9. The molecule has 0 spiro atoms. The van der Waals surface area contributed by atoms with Crippen LogP contribution in [-0.2, 0) is 14.4 Å². The number of rotatable bonds is 10. The number of ether oxygens (including phenoxy) is 1. The first-order valence-electron chi connectivity index (χ1n) is 8.77. The molecule has 7 nitrogen and oxygen atoms in total. The van der Waals surface area contributed by atoms with E-state index in [1.54, 1.807) is 37.3 Å². The van der Waals surface area contributed by atoms with Crippen LogP contribution in [0.5, 0.6) is 5.75 Å². The first-order valence-corrected chi connectivity index (χ1v) is 11.4. The van der Waals surface area contributed by atoms with Crippen molar-refractivity contribution in [2.24, 2.45) is 0 Å². The molecule has 0 radical (unpaired) electrons. The molecule has 2 atom stereocenters. The molecule has 1 aromatic carbocycles. The minimum Gasteiger partial charge on any atom is -0.480 e. The van der Waals surface area contributed by atoms with Gasteiger partial charge in [-0.15, -0.1) is 0 Å². The molecule has 0 aliphatic carbocycles. The van der Waals surface area contributed by atoms with Gasteiger partial charge in [0, 0.05) is 5.56 Å². The van der Waals surface area contributed by atoms with Crippen molar-refractivity contribution in [3.8, 4) is 5.75 Å². The third-order valence-corrected chi connectivity index (χ3v) is 6.11. The van der Waals surface area contributed by atoms with E-state index in [1.165, 1.54) is 11.8 Å². The molecule has 2 N–H and O–H groups in total. The summed E-state index contributed by atoms with van der Waals surface area (Å²) in [5, 5.41) is 18.8. The van der Waals surface area contributed by atoms with Crippen LogP contribution in [0, 0.1) is 0 Å². The van der Waals surface area contributed by atoms with Gasteiger partial charge in [0.2, 0.25) is 0 Å². The lowest BCUT2D eigenvalue weighted by atomic mass is 10.1. The number of para-hydroxylation sites is 1. The average Bonchev–Trinajstić information content (AvgIpc) is 2.94. The van der Waals surface area contributed by atoms with Crippen molar-refractivity contribution in [2.75, 3.05) is 12.0 Å². The Morgan fingerprint density at radius 2 is 2.00 bits per heavy atom. The first kappa shape index (κ1) is 23.2. The molecule has 2 rings (SSSR count). The molecular weight excluding hydrogens is 434 g/mol. The fraction of sp³-hybridized carbons (Fsp3) is 0.368. The molecule has 0 saturated carbocycles. The second-order valence-electron chi connectivity index (χ2n) is 6.08. The van der Waals surface area contributed by atoms with Gasteiger partial charge in [-0.1, -0.05) is 49.1 Å². The summed E-state index contributed by atoms with van der Waals surface area (Å²) in [6.45, 7) is 1.70. The zero-order valence-electron chi connectivity index (χ0n) is 15.9. The third kappa shape index (κ3) is 5.74. The average molecular weight is 456 g/mol. The first-order chi connectivity index (χ1) is 13.8. The number of amides is 1. The lowest BCUT2D eigenvalue weighted by Gasteiger charge is -2.22. The lowest BCUT2D eigenvalue weighted by molar-refractivity contribution is -0.145. The molecule has 10 heteroatoms. The monoisotopic (exact) mass is 455 g/mol. The number of nitrogens with zero attached hydrogens (tertiary/aromatic N) is 1. The second kappa shape index (κ2) is 10.7. The maximum absolute atomic E-state index is 12.9. The zero-order valence-corrected chi connectivity index (χ0v) is 18.3. The molecular formula is C19H21NO6S3. The maximum Gasteiger partial charge on any atom is 0.344 e. The predicted octanol–water partition coefficient (Wildman–Crippen LogP) is 3.34. The summed E-state index contributed by atoms with van der Waals surface area (Å²) in [5.74, 6) is -1.76. The van der Waals surface area contributed by atoms with Crippen molar-refractivity contribution >= 4 is 64.0 Å². The number of carboxylic acid groups (broad SMARTS) is 2. The summed E-state index contributed by atoms with van der Waals surface area (Å²) in [7, 11) is 0. The van der Waals surface area contributed by atoms with Gasteiger partial charge < -0.3 is 14.9 Å². The van der Waals surface area contributed by atoms with E-state index in [2.05, 4.69) is 0 Å². The molecule has 29 heavy (non-hydrogen) atoms. The van der Waals surface area contributed by atoms with E-state index < -0.39 is 30.0 Å². The van der Waals surface area contributed by atoms with Crippen LogP contribution in [0.3, 0.4) is 0 Å². The highest BCUT2D eigenvalue weighted by Crippen LogP contribution is 2.36. The topological polar surface area (TPSA) is 104 Å². The Balaban J connectivity index is 2.32. The Bertz CT molecular complexity index is 841. The minimum absolute atomic E-state index is 0.185. The molecule has 0 bridgehead atoms. The standard InChI is InChI=1S/C19H21NO6S3/c1-3-13(18(24)25)26-14-7-5-4-6-11(14)10-15-16(21)20(19(27)29-15)12(17(22)23)8-9-28-2/h4-7,10,12-13H,3,8-9H2,1-2H3,(H,22,23)(H,24,25)/b15-10-. The van der Waals surface area contributed by atoms with E-state index in [0.717, 1.165) is 16.7 Å². The van der Waals surface area contributed by atoms with E-state index in [-0.39, 0.29) is 22.1 Å². The molecule has 1 aliphatic rings. The predicted molar refractivity (Wildman–Crippen MR) is 118 cm³/mol. The molecule has 2 unspecified atom stereocenters. The summed E-state index contributed by atoms with van der Waals surface area (Å²) in [4.78, 5) is 37.2. The van der Waals surface area contributed by atoms with Gasteiger partial charge in [-0.3, -0.25) is 9.69 Å². The number of thioether (sulfide) groups is 2. The largest absolute Gasteiger partial charge is 0.480 e. The number of aliphatic carboxylic acids is 2. The lowest BCUT2D eigenvalue weighted by Crippen LogP contribution is -2.44. The zero-order chi connectivity index (χ0) is 21.6. The van der Waals surface area contributed by atoms with Gasteiger partial charge >= 0.3 is 11.9 Å². The SMILES string of the molecule is CCC(Oc1ccccc1/C=C1\SC(=S)N(C(CCSC)C(=O)O)C1=O)C(=O)O. The van der Waals surface area contributed by atoms with Crippen molar-refractivity contribution in [3.05, 3.63) is 34.7 Å². The van der Waals surface area contributed by atoms with Gasteiger partial charge in [0.1, 0.15) is 16.1 Å². The van der Waals surface area contributed by atoms with Crippen molar-refractivity contribution < 1.29 is 29.3 Å². The van der Waals surface area contributed by atoms with Crippen molar-refractivity contribution in [1.82, 2.24) is 4.90 Å². The van der Waals surface area contributed by atoms with Gasteiger partial charge in [0.05, 0.1) is 4.91 Å². The molecule has 1 amide bonds. The van der Waals surface area contributed by atoms with Crippen molar-refractivity contribution in [3.63, 3.8) is 0 Å². The number of thiocarbonyl (C=S) groups is 1. The fourth-order valence-corrected chi connectivity index (χ4v) is 4.46. The fourth-order valence-electron chi connectivity index (χ4n) is 2.65. The van der Waals surface area contributed by atoms with Crippen LogP contribution >= 0.6 is 35.7 Å². The molecule has 1 aliphatic heterocycles. The summed E-state index contributed by atoms with van der Waals surface area (Å²) < 4.78 is 5.77. The molecule has 1 saturated heterocycles. The van der Waals surface area contributed by atoms with Crippen molar-refractivity contribution in [1.29, 1.82) is 0 Å². The number of carbonyl (C=O) groups excluding carboxylic acids is 1. The molecule has 0 aromatic heterocycles. The van der Waals surface area contributed by atoms with E-state index in [1.807, 2.05) is 6.26 Å². The summed E-state index contributed by atoms with van der Waals surface area (Å²) in [5.41, 5.74) is 0.517. The molecule has 156 valence electrons. The molecule has 1 fully saturated rings. The highest BCUT2D eigenvalue weighted by molar-refractivity contribution is 8.26. The van der Waals surface area contributed by atoms with Crippen LogP contribution in [-0.4, -0.2) is 61.4 Å². The normalized spacial score (nSPS) is 17.4. The van der Waals surface area contributed by atoms with E-state index in [0.29, 0.717) is 17.1 Å². The van der Waals surface area contributed by atoms with E-state index in [9.17, 15) is 24.6 Å². The Kier molecular flexibility index (Phi) is 8.54. The van der Waals surface area contributed by atoms with Crippen LogP contribution in [0.1, 0.15) is 25.3 Å². The van der Waals surface area contributed by atoms with Crippen LogP contribution in [0.2, 0.25) is 0 Å². The number of hydrogen-bond acceptors (Lipinski definition) is 7. The van der Waals surface area contributed by atoms with Crippen molar-refractivity contribution in [2.45, 2.75) is 31.9 Å². The smallest absolute Gasteiger partial charge is 0.344 e. The van der Waals surface area contributed by atoms with E-state index in [4.69, 9.17) is 17.0 Å². The molecule has 1 heterocycles. The Morgan fingerprint density at radius 3 is 2.59 bits per heavy atom. The Hall–Kier alpha value is -2.04. The van der Waals surface area contributed by atoms with Crippen LogP contribution < -0.4 is 4.74 Å². The van der Waals surface area contributed by atoms with Gasteiger partial charge in [0.25, 0.3) is 5.91 Å². The Morgan fingerprint density at radius 1 is 1.31 bits per heavy atom. The van der Waals surface area contributed by atoms with Gasteiger partial charge in [-0.25, -0.2) is 9.59 Å². The summed E-state index contributed by atoms with van der Waals surface area (Å²) in [6.07, 6.45) is 2.97. The number of hydrogen-bond donors (Lipinski definition) is 2. The van der Waals surface area contributed by atoms with Crippen LogP contribution in [0.4, 0.5) is 0 Å². The van der Waals surface area contributed by atoms with Gasteiger partial charge in [0.15, 0.2) is 6.10 Å². The number of benzene rings is 1. The molecule has 1 aromatic rings. The Labute approximate surface area is 182 Å². The number of carboxylic acids is 2. The van der Waals surface area contributed by atoms with Gasteiger partial charge in [-0.05, 0) is 37.0 Å². The van der Waals surface area contributed by atoms with Crippen LogP contribution in [0.25, 0.3) is 6.08 Å². The number of carbonyl (C=O) groups is 3. The van der Waals surface area contributed by atoms with Gasteiger partial charge in [-0.2, -0.15) is 11.8 Å². The van der Waals surface area contributed by atoms with Crippen LogP contribution in [0.15, 0.2) is 29.2 Å². The van der Waals surface area contributed by atoms with E-state index >= 15 is 0 Å². The highest BCUT2D eigenvalue weighted by atomic mass is 32.2. The minimum atomic E-state index is -1.10. The quantitative estimate of drug-likeness (QED) is 0.406. The summed E-state index contributed by atoms with van der Waals surface area (Å²) in [6, 6.07) is 5.73. The second-order valence-corrected chi connectivity index (χ2v) is 8.74. The third-order valence-electron chi connectivity index (χ3n) is 4.14. The summed E-state index contributed by atoms with van der Waals surface area (Å²) >= 11 is 7.78. The highest BCUT2D eigenvalue weighted by Gasteiger charge is 2.40.